The topological polar surface area (TPSA) is 58.6 Å². The number of hydrogen-bond acceptors (Lipinski definition) is 5. The molecule has 5 nitrogen and oxygen atoms in total. The van der Waals surface area contributed by atoms with Crippen molar-refractivity contribution in [2.75, 3.05) is 18.5 Å². The lowest BCUT2D eigenvalue weighted by Crippen LogP contribution is -2.29. The first-order chi connectivity index (χ1) is 15.1. The molecule has 1 aliphatic rings. The van der Waals surface area contributed by atoms with E-state index in [4.69, 9.17) is 17.0 Å². The minimum Gasteiger partial charge on any atom is -0.492 e. The van der Waals surface area contributed by atoms with Crippen LogP contribution in [-0.4, -0.2) is 34.2 Å². The number of carbonyl (C=O) groups excluding carboxylic acids is 2. The zero-order valence-electron chi connectivity index (χ0n) is 17.5. The van der Waals surface area contributed by atoms with Crippen molar-refractivity contribution in [1.82, 2.24) is 4.90 Å². The van der Waals surface area contributed by atoms with Gasteiger partial charge < -0.3 is 10.1 Å². The summed E-state index contributed by atoms with van der Waals surface area (Å²) in [6, 6.07) is 17.2. The third-order valence-corrected chi connectivity index (χ3v) is 6.10. The van der Waals surface area contributed by atoms with Crippen molar-refractivity contribution in [3.05, 3.63) is 65.1 Å². The van der Waals surface area contributed by atoms with E-state index in [-0.39, 0.29) is 11.8 Å². The summed E-state index contributed by atoms with van der Waals surface area (Å²) in [6.45, 7) is 3.03. The lowest BCUT2D eigenvalue weighted by atomic mass is 10.1. The maximum atomic E-state index is 12.7. The molecule has 1 heterocycles. The summed E-state index contributed by atoms with van der Waals surface area (Å²) in [5.74, 6) is 0.601. The highest BCUT2D eigenvalue weighted by atomic mass is 32.2. The van der Waals surface area contributed by atoms with Crippen LogP contribution in [0.15, 0.2) is 59.5 Å². The third-order valence-electron chi connectivity index (χ3n) is 4.72. The van der Waals surface area contributed by atoms with Gasteiger partial charge in [-0.15, -0.1) is 0 Å². The number of anilines is 1. The summed E-state index contributed by atoms with van der Waals surface area (Å²) in [6.07, 6.45) is 4.69. The van der Waals surface area contributed by atoms with Crippen molar-refractivity contribution < 1.29 is 14.3 Å². The van der Waals surface area contributed by atoms with E-state index < -0.39 is 0 Å². The highest BCUT2D eigenvalue weighted by Crippen LogP contribution is 2.32. The zero-order chi connectivity index (χ0) is 22.1. The van der Waals surface area contributed by atoms with Gasteiger partial charge in [-0.05, 0) is 43.5 Å². The minimum absolute atomic E-state index is 0.0378. The SMILES string of the molecule is CCOc1ccccc1NC(=O)CCCCCN1C(=O)/C(=C/c2ccccc2)SC1=S. The number of amides is 2. The van der Waals surface area contributed by atoms with Crippen LogP contribution >= 0.6 is 24.0 Å². The van der Waals surface area contributed by atoms with Crippen LogP contribution in [0.1, 0.15) is 38.2 Å². The summed E-state index contributed by atoms with van der Waals surface area (Å²) < 4.78 is 6.13. The number of unbranched alkanes of at least 4 members (excludes halogenated alkanes) is 2. The van der Waals surface area contributed by atoms with E-state index in [0.717, 1.165) is 24.8 Å². The van der Waals surface area contributed by atoms with Crippen molar-refractivity contribution in [2.45, 2.75) is 32.6 Å². The summed E-state index contributed by atoms with van der Waals surface area (Å²) in [7, 11) is 0. The predicted molar refractivity (Wildman–Crippen MR) is 131 cm³/mol. The van der Waals surface area contributed by atoms with E-state index in [0.29, 0.717) is 40.2 Å². The molecule has 0 atom stereocenters. The molecule has 0 saturated carbocycles. The second-order valence-corrected chi connectivity index (χ2v) is 8.71. The Morgan fingerprint density at radius 2 is 1.84 bits per heavy atom. The maximum Gasteiger partial charge on any atom is 0.266 e. The Morgan fingerprint density at radius 1 is 1.10 bits per heavy atom. The van der Waals surface area contributed by atoms with Crippen molar-refractivity contribution in [2.24, 2.45) is 0 Å². The van der Waals surface area contributed by atoms with E-state index in [1.807, 2.05) is 67.6 Å². The molecule has 0 unspecified atom stereocenters. The van der Waals surface area contributed by atoms with E-state index in [1.165, 1.54) is 11.8 Å². The van der Waals surface area contributed by atoms with Crippen LogP contribution in [-0.2, 0) is 9.59 Å². The second-order valence-electron chi connectivity index (χ2n) is 7.03. The van der Waals surface area contributed by atoms with Crippen LogP contribution in [0.25, 0.3) is 6.08 Å². The van der Waals surface area contributed by atoms with Crippen molar-refractivity contribution in [3.8, 4) is 5.75 Å². The van der Waals surface area contributed by atoms with Crippen LogP contribution < -0.4 is 10.1 Å². The zero-order valence-corrected chi connectivity index (χ0v) is 19.1. The number of thiocarbonyl (C=S) groups is 1. The second kappa shape index (κ2) is 11.7. The fourth-order valence-electron chi connectivity index (χ4n) is 3.19. The molecule has 0 radical (unpaired) electrons. The Hall–Kier alpha value is -2.64. The number of ether oxygens (including phenoxy) is 1. The molecule has 1 saturated heterocycles. The molecule has 0 aromatic heterocycles. The lowest BCUT2D eigenvalue weighted by molar-refractivity contribution is -0.122. The van der Waals surface area contributed by atoms with Crippen LogP contribution in [0.2, 0.25) is 0 Å². The number of benzene rings is 2. The van der Waals surface area contributed by atoms with Gasteiger partial charge in [-0.2, -0.15) is 0 Å². The Labute approximate surface area is 192 Å². The molecule has 3 rings (SSSR count). The lowest BCUT2D eigenvalue weighted by Gasteiger charge is -2.14. The smallest absolute Gasteiger partial charge is 0.266 e. The fourth-order valence-corrected chi connectivity index (χ4v) is 4.50. The minimum atomic E-state index is -0.0384. The van der Waals surface area contributed by atoms with E-state index >= 15 is 0 Å². The Kier molecular flexibility index (Phi) is 8.67. The van der Waals surface area contributed by atoms with Gasteiger partial charge in [0.25, 0.3) is 5.91 Å². The highest BCUT2D eigenvalue weighted by Gasteiger charge is 2.31. The van der Waals surface area contributed by atoms with Crippen molar-refractivity contribution >= 4 is 51.9 Å². The van der Waals surface area contributed by atoms with Crippen LogP contribution in [0, 0.1) is 0 Å². The van der Waals surface area contributed by atoms with Crippen LogP contribution in [0.5, 0.6) is 5.75 Å². The molecule has 1 aliphatic heterocycles. The molecule has 2 aromatic rings. The summed E-state index contributed by atoms with van der Waals surface area (Å²) in [4.78, 5) is 27.2. The molecular formula is C24H26N2O3S2. The highest BCUT2D eigenvalue weighted by molar-refractivity contribution is 8.26. The summed E-state index contributed by atoms with van der Waals surface area (Å²) in [5, 5.41) is 2.91. The average Bonchev–Trinajstić information content (AvgIpc) is 3.03. The average molecular weight is 455 g/mol. The van der Waals surface area contributed by atoms with E-state index in [1.54, 1.807) is 4.90 Å². The third kappa shape index (κ3) is 6.67. The molecule has 0 spiro atoms. The molecule has 162 valence electrons. The molecule has 1 fully saturated rings. The maximum absolute atomic E-state index is 12.7. The van der Waals surface area contributed by atoms with E-state index in [2.05, 4.69) is 5.32 Å². The number of nitrogens with zero attached hydrogens (tertiary/aromatic N) is 1. The Bertz CT molecular complexity index is 960. The van der Waals surface area contributed by atoms with Gasteiger partial charge in [0, 0.05) is 13.0 Å². The van der Waals surface area contributed by atoms with Gasteiger partial charge >= 0.3 is 0 Å². The van der Waals surface area contributed by atoms with Gasteiger partial charge in [-0.3, -0.25) is 14.5 Å². The van der Waals surface area contributed by atoms with Gasteiger partial charge in [0.1, 0.15) is 10.1 Å². The molecule has 2 aromatic carbocycles. The summed E-state index contributed by atoms with van der Waals surface area (Å²) >= 11 is 6.73. The van der Waals surface area contributed by atoms with Gasteiger partial charge in [0.2, 0.25) is 5.91 Å². The number of hydrogen-bond donors (Lipinski definition) is 1. The van der Waals surface area contributed by atoms with Gasteiger partial charge in [0.15, 0.2) is 0 Å². The molecular weight excluding hydrogens is 428 g/mol. The number of para-hydroxylation sites is 2. The first-order valence-corrected chi connectivity index (χ1v) is 11.6. The largest absolute Gasteiger partial charge is 0.492 e. The number of rotatable bonds is 10. The number of thioether (sulfide) groups is 1. The number of carbonyl (C=O) groups is 2. The molecule has 0 bridgehead atoms. The van der Waals surface area contributed by atoms with E-state index in [9.17, 15) is 9.59 Å². The fraction of sp³-hybridized carbons (Fsp3) is 0.292. The summed E-state index contributed by atoms with van der Waals surface area (Å²) in [5.41, 5.74) is 1.68. The molecule has 0 aliphatic carbocycles. The molecule has 1 N–H and O–H groups in total. The number of nitrogens with one attached hydrogen (secondary N) is 1. The first-order valence-electron chi connectivity index (χ1n) is 10.4. The van der Waals surface area contributed by atoms with Crippen molar-refractivity contribution in [3.63, 3.8) is 0 Å². The Morgan fingerprint density at radius 3 is 2.61 bits per heavy atom. The monoisotopic (exact) mass is 454 g/mol. The first kappa shape index (κ1) is 23.0. The van der Waals surface area contributed by atoms with Gasteiger partial charge in [-0.1, -0.05) is 72.9 Å². The normalized spacial score (nSPS) is 14.9. The molecule has 31 heavy (non-hydrogen) atoms. The van der Waals surface area contributed by atoms with Gasteiger partial charge in [-0.25, -0.2) is 0 Å². The van der Waals surface area contributed by atoms with Crippen molar-refractivity contribution in [1.29, 1.82) is 0 Å². The quantitative estimate of drug-likeness (QED) is 0.292. The van der Waals surface area contributed by atoms with Gasteiger partial charge in [0.05, 0.1) is 17.2 Å². The van der Waals surface area contributed by atoms with Crippen LogP contribution in [0.3, 0.4) is 0 Å². The predicted octanol–water partition coefficient (Wildman–Crippen LogP) is 5.49. The standard InChI is InChI=1S/C24H26N2O3S2/c1-2-29-20-14-9-8-13-19(20)25-22(27)15-7-4-10-16-26-23(28)21(31-24(26)30)17-18-11-5-3-6-12-18/h3,5-6,8-9,11-14,17H,2,4,7,10,15-16H2,1H3,(H,25,27)/b21-17-. The van der Waals surface area contributed by atoms with Crippen LogP contribution in [0.4, 0.5) is 5.69 Å². The molecule has 2 amide bonds. The molecule has 7 heteroatoms. The Balaban J connectivity index is 1.41.